The van der Waals surface area contributed by atoms with Gasteiger partial charge in [-0.2, -0.15) is 0 Å². The summed E-state index contributed by atoms with van der Waals surface area (Å²) < 4.78 is 48.2. The first-order valence-corrected chi connectivity index (χ1v) is 24.5. The Kier molecular flexibility index (Phi) is 18.9. The molecule has 2 aliphatic carbocycles. The molecule has 0 aromatic heterocycles. The van der Waals surface area contributed by atoms with Crippen LogP contribution >= 0.6 is 0 Å². The molecule has 2 saturated carbocycles. The van der Waals surface area contributed by atoms with Crippen molar-refractivity contribution in [3.63, 3.8) is 0 Å². The highest BCUT2D eigenvalue weighted by atomic mass is 16.8. The SMILES string of the molecule is OCC1O[C@H](O[C@@H]2C(CO)O[C@@H](OCC(CCCC3CCCCC3)(CCCC3CCCCC3)CO[C@@H]3OC4C[C@@]5(OC(CO)[C@@H](O)C(O)C5O)O[C@H]4C(O)C3O)C(O)C2O)C(O)C(O)[C@@H]1O. The van der Waals surface area contributed by atoms with E-state index in [9.17, 15) is 66.4 Å². The van der Waals surface area contributed by atoms with Crippen LogP contribution < -0.4 is 0 Å². The highest BCUT2D eigenvalue weighted by Crippen LogP contribution is 2.47. The minimum absolute atomic E-state index is 0.0611. The van der Waals surface area contributed by atoms with Crippen molar-refractivity contribution in [1.29, 1.82) is 0 Å². The number of rotatable bonds is 19. The van der Waals surface area contributed by atoms with Gasteiger partial charge in [0.05, 0.1) is 39.1 Å². The van der Waals surface area contributed by atoms with E-state index in [2.05, 4.69) is 0 Å². The molecule has 5 saturated heterocycles. The number of aliphatic hydroxyl groups is 13. The lowest BCUT2D eigenvalue weighted by Crippen LogP contribution is -2.65. The lowest BCUT2D eigenvalue weighted by Gasteiger charge is -2.46. The maximum atomic E-state index is 11.5. The Labute approximate surface area is 385 Å². The molecule has 5 aliphatic heterocycles. The monoisotopic (exact) mass is 955 g/mol. The normalized spacial score (nSPS) is 45.3. The van der Waals surface area contributed by atoms with Gasteiger partial charge in [0.25, 0.3) is 0 Å². The zero-order chi connectivity index (χ0) is 47.3. The number of hydrogen-bond donors (Lipinski definition) is 13. The largest absolute Gasteiger partial charge is 0.394 e. The summed E-state index contributed by atoms with van der Waals surface area (Å²) in [5.74, 6) is -0.876. The molecule has 66 heavy (non-hydrogen) atoms. The summed E-state index contributed by atoms with van der Waals surface area (Å²) in [6, 6.07) is 0. The van der Waals surface area contributed by atoms with Crippen LogP contribution in [0.4, 0.5) is 0 Å². The molecule has 1 spiro atoms. The molecule has 0 aromatic carbocycles. The van der Waals surface area contributed by atoms with Crippen molar-refractivity contribution in [3.05, 3.63) is 0 Å². The van der Waals surface area contributed by atoms with Gasteiger partial charge in [0.2, 0.25) is 5.79 Å². The third-order valence-corrected chi connectivity index (χ3v) is 15.7. The predicted molar refractivity (Wildman–Crippen MR) is 224 cm³/mol. The van der Waals surface area contributed by atoms with Gasteiger partial charge in [0.15, 0.2) is 18.9 Å². The van der Waals surface area contributed by atoms with Crippen molar-refractivity contribution in [2.75, 3.05) is 33.0 Å². The molecule has 7 rings (SSSR count). The molecule has 0 amide bonds. The maximum Gasteiger partial charge on any atom is 0.200 e. The molecule has 5 heterocycles. The fourth-order valence-electron chi connectivity index (χ4n) is 11.5. The van der Waals surface area contributed by atoms with Crippen LogP contribution in [0.2, 0.25) is 0 Å². The highest BCUT2D eigenvalue weighted by molar-refractivity contribution is 5.07. The van der Waals surface area contributed by atoms with Crippen LogP contribution in [0.15, 0.2) is 0 Å². The summed E-state index contributed by atoms with van der Waals surface area (Å²) >= 11 is 0. The minimum atomic E-state index is -1.98. The first kappa shape index (κ1) is 53.0. The molecule has 7 aliphatic rings. The number of aliphatic hydroxyl groups excluding tert-OH is 13. The van der Waals surface area contributed by atoms with Gasteiger partial charge in [-0.3, -0.25) is 0 Å². The number of ether oxygens (including phenoxy) is 8. The van der Waals surface area contributed by atoms with Crippen LogP contribution in [-0.4, -0.2) is 222 Å². The average molecular weight is 955 g/mol. The summed E-state index contributed by atoms with van der Waals surface area (Å²) in [6.07, 6.45) is -13.6. The first-order chi connectivity index (χ1) is 31.6. The molecule has 21 nitrogen and oxygen atoms in total. The van der Waals surface area contributed by atoms with Crippen LogP contribution in [0.5, 0.6) is 0 Å². The second-order valence-corrected chi connectivity index (χ2v) is 20.3. The van der Waals surface area contributed by atoms with Crippen molar-refractivity contribution in [2.24, 2.45) is 17.3 Å². The Hall–Kier alpha value is -0.840. The topological polar surface area (TPSA) is 337 Å². The summed E-state index contributed by atoms with van der Waals surface area (Å²) in [5.41, 5.74) is -0.814. The van der Waals surface area contributed by atoms with Crippen LogP contribution in [0, 0.1) is 17.3 Å². The quantitative estimate of drug-likeness (QED) is 0.0638. The fourth-order valence-corrected chi connectivity index (χ4v) is 11.5. The lowest BCUT2D eigenvalue weighted by atomic mass is 9.76. The molecule has 21 heteroatoms. The Morgan fingerprint density at radius 1 is 0.485 bits per heavy atom. The molecular formula is C45H78O21. The molecule has 7 fully saturated rings. The first-order valence-electron chi connectivity index (χ1n) is 24.5. The van der Waals surface area contributed by atoms with Crippen molar-refractivity contribution in [2.45, 2.75) is 231 Å². The Morgan fingerprint density at radius 2 is 0.985 bits per heavy atom. The van der Waals surface area contributed by atoms with Gasteiger partial charge in [0.1, 0.15) is 91.6 Å². The second kappa shape index (κ2) is 23.6. The maximum absolute atomic E-state index is 11.5. The summed E-state index contributed by atoms with van der Waals surface area (Å²) in [7, 11) is 0. The second-order valence-electron chi connectivity index (χ2n) is 20.3. The molecule has 0 bridgehead atoms. The third kappa shape index (κ3) is 11.7. The summed E-state index contributed by atoms with van der Waals surface area (Å²) in [5, 5.41) is 139. The highest BCUT2D eigenvalue weighted by Gasteiger charge is 2.64. The van der Waals surface area contributed by atoms with E-state index in [1.165, 1.54) is 38.5 Å². The molecule has 0 aromatic rings. The van der Waals surface area contributed by atoms with Gasteiger partial charge in [-0.15, -0.1) is 0 Å². The van der Waals surface area contributed by atoms with E-state index >= 15 is 0 Å². The van der Waals surface area contributed by atoms with Crippen molar-refractivity contribution in [1.82, 2.24) is 0 Å². The van der Waals surface area contributed by atoms with Crippen LogP contribution in [-0.2, 0) is 37.9 Å². The van der Waals surface area contributed by atoms with Crippen LogP contribution in [0.3, 0.4) is 0 Å². The van der Waals surface area contributed by atoms with Gasteiger partial charge in [-0.1, -0.05) is 89.9 Å². The Bertz CT molecular complexity index is 1430. The fraction of sp³-hybridized carbons (Fsp3) is 1.00. The molecule has 12 unspecified atom stereocenters. The Balaban J connectivity index is 1.08. The average Bonchev–Trinajstić information content (AvgIpc) is 3.71. The zero-order valence-corrected chi connectivity index (χ0v) is 37.8. The molecular weight excluding hydrogens is 876 g/mol. The van der Waals surface area contributed by atoms with Crippen LogP contribution in [0.25, 0.3) is 0 Å². The third-order valence-electron chi connectivity index (χ3n) is 15.7. The van der Waals surface area contributed by atoms with Crippen molar-refractivity contribution in [3.8, 4) is 0 Å². The zero-order valence-electron chi connectivity index (χ0n) is 37.8. The van der Waals surface area contributed by atoms with E-state index in [-0.39, 0.29) is 19.6 Å². The number of fused-ring (bicyclic) bond motifs is 1. The summed E-state index contributed by atoms with van der Waals surface area (Å²) in [4.78, 5) is 0. The van der Waals surface area contributed by atoms with E-state index in [0.29, 0.717) is 24.7 Å². The van der Waals surface area contributed by atoms with Crippen LogP contribution in [0.1, 0.15) is 109 Å². The van der Waals surface area contributed by atoms with E-state index in [0.717, 1.165) is 51.4 Å². The van der Waals surface area contributed by atoms with E-state index in [1.54, 1.807) is 0 Å². The predicted octanol–water partition coefficient (Wildman–Crippen LogP) is -2.46. The molecule has 13 N–H and O–H groups in total. The number of hydrogen-bond acceptors (Lipinski definition) is 21. The lowest BCUT2D eigenvalue weighted by molar-refractivity contribution is -0.365. The van der Waals surface area contributed by atoms with E-state index < -0.39 is 148 Å². The molecule has 384 valence electrons. The van der Waals surface area contributed by atoms with Gasteiger partial charge in [-0.05, 0) is 24.7 Å². The van der Waals surface area contributed by atoms with Gasteiger partial charge in [-0.25, -0.2) is 0 Å². The smallest absolute Gasteiger partial charge is 0.200 e. The van der Waals surface area contributed by atoms with Gasteiger partial charge >= 0.3 is 0 Å². The molecule has 20 atom stereocenters. The summed E-state index contributed by atoms with van der Waals surface area (Å²) in [6.45, 7) is -2.31. The van der Waals surface area contributed by atoms with Crippen molar-refractivity contribution >= 4 is 0 Å². The standard InChI is InChI=1S/C45H78O21/c46-18-26-29(49)31(51)35(55)43(62-26)64-38-28(20-48)63-42(36(56)32(38)52)60-22-44(15-7-13-23-9-3-1-4-10-23,16-8-14-24-11-5-2-6-12-24)21-59-41-37(57)33(53)39-25(61-41)17-45(66-39)40(58)34(54)30(50)27(19-47)65-45/h23-43,46-58H,1-22H2/t25?,26?,27?,28?,29-,30-,31?,32?,33?,34?,35?,36?,37?,38-,39-,40?,41-,42-,43-,45-/m1/s1. The molecule has 0 radical (unpaired) electrons. The van der Waals surface area contributed by atoms with E-state index in [1.807, 2.05) is 0 Å². The Morgan fingerprint density at radius 3 is 1.55 bits per heavy atom. The van der Waals surface area contributed by atoms with E-state index in [4.69, 9.17) is 37.9 Å². The van der Waals surface area contributed by atoms with Crippen molar-refractivity contribution < 1.29 is 104 Å². The van der Waals surface area contributed by atoms with Gasteiger partial charge in [0, 0.05) is 11.8 Å². The minimum Gasteiger partial charge on any atom is -0.394 e. The van der Waals surface area contributed by atoms with Gasteiger partial charge < -0.3 is 104 Å².